The molecular formula is C26H18N2OS. The average Bonchev–Trinajstić information content (AvgIpc) is 3.24. The predicted molar refractivity (Wildman–Crippen MR) is 126 cm³/mol. The van der Waals surface area contributed by atoms with Gasteiger partial charge in [-0.1, -0.05) is 102 Å². The molecule has 5 aromatic rings. The lowest BCUT2D eigenvalue weighted by Crippen LogP contribution is -1.85. The van der Waals surface area contributed by atoms with E-state index in [0.717, 1.165) is 32.5 Å². The van der Waals surface area contributed by atoms with Crippen LogP contribution in [-0.4, -0.2) is 16.3 Å². The maximum Gasteiger partial charge on any atom is 0.210 e. The van der Waals surface area contributed by atoms with Crippen LogP contribution in [0.4, 0.5) is 5.13 Å². The minimum absolute atomic E-state index is 0.209. The van der Waals surface area contributed by atoms with E-state index in [1.807, 2.05) is 66.7 Å². The molecule has 0 spiro atoms. The Kier molecular flexibility index (Phi) is 4.83. The fraction of sp³-hybridized carbons (Fsp3) is 0. The summed E-state index contributed by atoms with van der Waals surface area (Å²) in [4.78, 5) is 10.5. The molecule has 5 rings (SSSR count). The van der Waals surface area contributed by atoms with Crippen LogP contribution in [0.1, 0.15) is 5.56 Å². The second-order valence-electron chi connectivity index (χ2n) is 6.88. The molecule has 1 aromatic heterocycles. The summed E-state index contributed by atoms with van der Waals surface area (Å²) in [6.07, 6.45) is 1.71. The number of hydrogen-bond donors (Lipinski definition) is 1. The van der Waals surface area contributed by atoms with Crippen LogP contribution in [0, 0.1) is 0 Å². The molecule has 0 amide bonds. The third kappa shape index (κ3) is 3.49. The Bertz CT molecular complexity index is 1280. The van der Waals surface area contributed by atoms with E-state index in [4.69, 9.17) is 4.98 Å². The van der Waals surface area contributed by atoms with E-state index in [-0.39, 0.29) is 5.75 Å². The van der Waals surface area contributed by atoms with E-state index in [0.29, 0.717) is 10.7 Å². The number of aromatic hydroxyl groups is 1. The number of fused-ring (bicyclic) bond motifs is 1. The Balaban J connectivity index is 1.61. The summed E-state index contributed by atoms with van der Waals surface area (Å²) in [5.74, 6) is 0.209. The molecule has 0 aliphatic heterocycles. The van der Waals surface area contributed by atoms with Gasteiger partial charge in [-0.2, -0.15) is 0 Å². The van der Waals surface area contributed by atoms with E-state index in [2.05, 4.69) is 29.3 Å². The van der Waals surface area contributed by atoms with Crippen molar-refractivity contribution in [3.63, 3.8) is 0 Å². The second-order valence-corrected chi connectivity index (χ2v) is 7.86. The minimum atomic E-state index is 0.209. The van der Waals surface area contributed by atoms with Crippen LogP contribution >= 0.6 is 11.3 Å². The van der Waals surface area contributed by atoms with Gasteiger partial charge < -0.3 is 5.11 Å². The summed E-state index contributed by atoms with van der Waals surface area (Å²) in [6, 6.07) is 32.0. The first-order chi connectivity index (χ1) is 14.8. The summed E-state index contributed by atoms with van der Waals surface area (Å²) in [5.41, 5.74) is 3.79. The lowest BCUT2D eigenvalue weighted by atomic mass is 10.0. The zero-order valence-corrected chi connectivity index (χ0v) is 16.9. The SMILES string of the molecule is Oc1ccc2ccccc2c1/C=N/c1nc(-c2ccccc2)c(-c2ccccc2)s1. The predicted octanol–water partition coefficient (Wildman–Crippen LogP) is 7.09. The molecule has 0 bridgehead atoms. The number of hydrogen-bond acceptors (Lipinski definition) is 4. The van der Waals surface area contributed by atoms with Crippen molar-refractivity contribution in [1.29, 1.82) is 0 Å². The molecule has 3 nitrogen and oxygen atoms in total. The summed E-state index contributed by atoms with van der Waals surface area (Å²) < 4.78 is 0. The van der Waals surface area contributed by atoms with E-state index >= 15 is 0 Å². The number of phenols is 1. The topological polar surface area (TPSA) is 45.5 Å². The standard InChI is InChI=1S/C26H18N2OS/c29-23-16-15-18-9-7-8-14-21(18)22(23)17-27-26-28-24(19-10-3-1-4-11-19)25(30-26)20-12-5-2-6-13-20/h1-17,29H/b27-17+. The van der Waals surface area contributed by atoms with Gasteiger partial charge in [0.25, 0.3) is 0 Å². The van der Waals surface area contributed by atoms with Gasteiger partial charge in [-0.05, 0) is 22.4 Å². The van der Waals surface area contributed by atoms with Gasteiger partial charge in [-0.15, -0.1) is 0 Å². The van der Waals surface area contributed by atoms with Gasteiger partial charge in [0, 0.05) is 17.3 Å². The molecule has 0 saturated carbocycles. The van der Waals surface area contributed by atoms with Crippen LogP contribution in [0.2, 0.25) is 0 Å². The van der Waals surface area contributed by atoms with Gasteiger partial charge in [-0.3, -0.25) is 0 Å². The normalized spacial score (nSPS) is 11.3. The molecule has 4 aromatic carbocycles. The van der Waals surface area contributed by atoms with Crippen molar-refractivity contribution in [2.45, 2.75) is 0 Å². The highest BCUT2D eigenvalue weighted by atomic mass is 32.1. The van der Waals surface area contributed by atoms with Crippen molar-refractivity contribution < 1.29 is 5.11 Å². The molecule has 4 heteroatoms. The molecule has 0 aliphatic carbocycles. The van der Waals surface area contributed by atoms with Gasteiger partial charge in [0.2, 0.25) is 5.13 Å². The van der Waals surface area contributed by atoms with Crippen LogP contribution in [0.25, 0.3) is 32.5 Å². The number of nitrogens with zero attached hydrogens (tertiary/aromatic N) is 2. The van der Waals surface area contributed by atoms with Crippen molar-refractivity contribution in [1.82, 2.24) is 4.98 Å². The van der Waals surface area contributed by atoms with E-state index < -0.39 is 0 Å². The molecule has 144 valence electrons. The Morgan fingerprint density at radius 3 is 2.17 bits per heavy atom. The smallest absolute Gasteiger partial charge is 0.210 e. The molecule has 1 heterocycles. The highest BCUT2D eigenvalue weighted by Crippen LogP contribution is 2.40. The third-order valence-corrected chi connectivity index (χ3v) is 5.96. The Morgan fingerprint density at radius 1 is 0.733 bits per heavy atom. The maximum absolute atomic E-state index is 10.4. The fourth-order valence-corrected chi connectivity index (χ4v) is 4.42. The average molecular weight is 407 g/mol. The van der Waals surface area contributed by atoms with Crippen LogP contribution < -0.4 is 0 Å². The van der Waals surface area contributed by atoms with Crippen LogP contribution in [-0.2, 0) is 0 Å². The van der Waals surface area contributed by atoms with Crippen molar-refractivity contribution in [3.05, 3.63) is 103 Å². The Labute approximate surface area is 178 Å². The van der Waals surface area contributed by atoms with Crippen LogP contribution in [0.3, 0.4) is 0 Å². The summed E-state index contributed by atoms with van der Waals surface area (Å²) in [7, 11) is 0. The number of phenolic OH excluding ortho intramolecular Hbond substituents is 1. The molecule has 0 aliphatic rings. The van der Waals surface area contributed by atoms with E-state index in [1.54, 1.807) is 23.6 Å². The number of aromatic nitrogens is 1. The molecule has 1 N–H and O–H groups in total. The second kappa shape index (κ2) is 7.93. The van der Waals surface area contributed by atoms with E-state index in [9.17, 15) is 5.11 Å². The summed E-state index contributed by atoms with van der Waals surface area (Å²) >= 11 is 1.55. The fourth-order valence-electron chi connectivity index (χ4n) is 3.48. The maximum atomic E-state index is 10.4. The zero-order valence-electron chi connectivity index (χ0n) is 16.1. The Morgan fingerprint density at radius 2 is 1.40 bits per heavy atom. The van der Waals surface area contributed by atoms with Crippen LogP contribution in [0.5, 0.6) is 5.75 Å². The quantitative estimate of drug-likeness (QED) is 0.324. The number of aliphatic imine (C=N–C) groups is 1. The third-order valence-electron chi connectivity index (χ3n) is 4.95. The summed E-state index contributed by atoms with van der Waals surface area (Å²) in [6.45, 7) is 0. The first-order valence-electron chi connectivity index (χ1n) is 9.66. The monoisotopic (exact) mass is 406 g/mol. The number of benzene rings is 4. The molecule has 30 heavy (non-hydrogen) atoms. The minimum Gasteiger partial charge on any atom is -0.507 e. The lowest BCUT2D eigenvalue weighted by molar-refractivity contribution is 0.475. The first-order valence-corrected chi connectivity index (χ1v) is 10.5. The van der Waals surface area contributed by atoms with Crippen molar-refractivity contribution in [2.24, 2.45) is 4.99 Å². The van der Waals surface area contributed by atoms with Gasteiger partial charge in [0.05, 0.1) is 10.6 Å². The van der Waals surface area contributed by atoms with Gasteiger partial charge in [-0.25, -0.2) is 9.98 Å². The Hall–Kier alpha value is -3.76. The van der Waals surface area contributed by atoms with Gasteiger partial charge in [0.1, 0.15) is 5.75 Å². The molecule has 0 radical (unpaired) electrons. The largest absolute Gasteiger partial charge is 0.507 e. The van der Waals surface area contributed by atoms with Crippen molar-refractivity contribution in [3.8, 4) is 27.4 Å². The highest BCUT2D eigenvalue weighted by molar-refractivity contribution is 7.19. The molecule has 0 saturated heterocycles. The van der Waals surface area contributed by atoms with Crippen LogP contribution in [0.15, 0.2) is 102 Å². The van der Waals surface area contributed by atoms with Crippen molar-refractivity contribution in [2.75, 3.05) is 0 Å². The first kappa shape index (κ1) is 18.3. The highest BCUT2D eigenvalue weighted by Gasteiger charge is 2.14. The van der Waals surface area contributed by atoms with Crippen molar-refractivity contribution >= 4 is 33.5 Å². The molecule has 0 atom stereocenters. The van der Waals surface area contributed by atoms with Gasteiger partial charge >= 0.3 is 0 Å². The zero-order chi connectivity index (χ0) is 20.3. The molecular weight excluding hydrogens is 388 g/mol. The van der Waals surface area contributed by atoms with E-state index in [1.165, 1.54) is 0 Å². The lowest BCUT2D eigenvalue weighted by Gasteiger charge is -2.04. The number of thiazole rings is 1. The molecule has 0 fully saturated rings. The number of rotatable bonds is 4. The summed E-state index contributed by atoms with van der Waals surface area (Å²) in [5, 5.41) is 13.1. The van der Waals surface area contributed by atoms with Gasteiger partial charge in [0.15, 0.2) is 0 Å². The molecule has 0 unspecified atom stereocenters.